The van der Waals surface area contributed by atoms with Gasteiger partial charge < -0.3 is 10.1 Å². The molecule has 1 N–H and O–H groups in total. The summed E-state index contributed by atoms with van der Waals surface area (Å²) in [4.78, 5) is 28.0. The first kappa shape index (κ1) is 17.5. The number of halogens is 2. The molecular formula is C18H20F2N2O3. The van der Waals surface area contributed by atoms with Crippen molar-refractivity contribution < 1.29 is 23.1 Å². The van der Waals surface area contributed by atoms with Crippen LogP contribution < -0.4 is 5.32 Å². The fraction of sp³-hybridized carbons (Fsp3) is 0.500. The Balaban J connectivity index is 1.76. The van der Waals surface area contributed by atoms with Gasteiger partial charge in [0.2, 0.25) is 11.8 Å². The molecule has 1 fully saturated rings. The monoisotopic (exact) mass is 350 g/mol. The highest BCUT2D eigenvalue weighted by Crippen LogP contribution is 2.56. The van der Waals surface area contributed by atoms with Crippen molar-refractivity contribution in [1.82, 2.24) is 4.98 Å². The predicted octanol–water partition coefficient (Wildman–Crippen LogP) is 3.35. The molecule has 7 heteroatoms. The van der Waals surface area contributed by atoms with Crippen molar-refractivity contribution >= 4 is 23.8 Å². The smallest absolute Gasteiger partial charge is 0.331 e. The van der Waals surface area contributed by atoms with Crippen molar-refractivity contribution in [3.63, 3.8) is 0 Å². The topological polar surface area (TPSA) is 68.3 Å². The van der Waals surface area contributed by atoms with E-state index in [0.29, 0.717) is 16.9 Å². The number of hydrogen-bond acceptors (Lipinski definition) is 4. The average molecular weight is 350 g/mol. The Labute approximate surface area is 144 Å². The van der Waals surface area contributed by atoms with Crippen LogP contribution in [0.15, 0.2) is 18.3 Å². The number of fused-ring (bicyclic) bond motifs is 1. The van der Waals surface area contributed by atoms with Crippen LogP contribution in [0, 0.1) is 5.41 Å². The van der Waals surface area contributed by atoms with Crippen molar-refractivity contribution in [3.05, 3.63) is 29.5 Å². The van der Waals surface area contributed by atoms with E-state index in [0.717, 1.165) is 0 Å². The molecule has 0 aromatic carbocycles. The molecule has 1 saturated carbocycles. The quantitative estimate of drug-likeness (QED) is 0.656. The van der Waals surface area contributed by atoms with Crippen molar-refractivity contribution in [2.75, 3.05) is 5.32 Å². The molecule has 1 amide bonds. The third-order valence-electron chi connectivity index (χ3n) is 4.24. The van der Waals surface area contributed by atoms with E-state index in [-0.39, 0.29) is 6.42 Å². The van der Waals surface area contributed by atoms with Gasteiger partial charge in [-0.15, -0.1) is 0 Å². The number of alkyl halides is 2. The van der Waals surface area contributed by atoms with Gasteiger partial charge in [-0.2, -0.15) is 0 Å². The van der Waals surface area contributed by atoms with Crippen LogP contribution in [-0.4, -0.2) is 28.4 Å². The van der Waals surface area contributed by atoms with Gasteiger partial charge in [0, 0.05) is 25.1 Å². The molecule has 0 atom stereocenters. The second-order valence-electron chi connectivity index (χ2n) is 7.76. The van der Waals surface area contributed by atoms with Crippen molar-refractivity contribution in [2.24, 2.45) is 5.41 Å². The van der Waals surface area contributed by atoms with Gasteiger partial charge in [-0.3, -0.25) is 4.79 Å². The Morgan fingerprint density at radius 2 is 2.04 bits per heavy atom. The van der Waals surface area contributed by atoms with E-state index >= 15 is 0 Å². The molecule has 1 aromatic heterocycles. The average Bonchev–Trinajstić information content (AvgIpc) is 2.42. The van der Waals surface area contributed by atoms with Crippen LogP contribution in [0.1, 0.15) is 44.7 Å². The number of ether oxygens (including phenoxy) is 1. The lowest BCUT2D eigenvalue weighted by atomic mass is 9.61. The molecule has 2 aliphatic rings. The van der Waals surface area contributed by atoms with Gasteiger partial charge in [0.05, 0.1) is 5.41 Å². The number of hydrogen-bond donors (Lipinski definition) is 1. The Morgan fingerprint density at radius 1 is 1.36 bits per heavy atom. The lowest BCUT2D eigenvalue weighted by molar-refractivity contribution is -0.175. The summed E-state index contributed by atoms with van der Waals surface area (Å²) in [6, 6.07) is 1.75. The lowest BCUT2D eigenvalue weighted by Crippen LogP contribution is -2.56. The Kier molecular flexibility index (Phi) is 3.93. The molecule has 134 valence electrons. The van der Waals surface area contributed by atoms with E-state index in [2.05, 4.69) is 10.3 Å². The van der Waals surface area contributed by atoms with Crippen LogP contribution in [0.5, 0.6) is 0 Å². The zero-order valence-electron chi connectivity index (χ0n) is 14.4. The number of nitrogens with one attached hydrogen (secondary N) is 1. The largest absolute Gasteiger partial charge is 0.457 e. The van der Waals surface area contributed by atoms with Crippen LogP contribution in [0.3, 0.4) is 0 Å². The van der Waals surface area contributed by atoms with Crippen LogP contribution in [0.25, 0.3) is 6.08 Å². The van der Waals surface area contributed by atoms with E-state index in [1.54, 1.807) is 32.9 Å². The Hall–Kier alpha value is -2.31. The molecule has 0 unspecified atom stereocenters. The molecule has 5 nitrogen and oxygen atoms in total. The number of nitrogens with zero attached hydrogens (tertiary/aromatic N) is 1. The summed E-state index contributed by atoms with van der Waals surface area (Å²) in [6.07, 6.45) is 3.70. The van der Waals surface area contributed by atoms with Crippen molar-refractivity contribution in [2.45, 2.75) is 51.6 Å². The van der Waals surface area contributed by atoms with Gasteiger partial charge in [-0.25, -0.2) is 18.6 Å². The molecule has 1 aliphatic heterocycles. The van der Waals surface area contributed by atoms with Crippen LogP contribution in [0.4, 0.5) is 14.6 Å². The summed E-state index contributed by atoms with van der Waals surface area (Å²) in [6.45, 7) is 5.32. The number of amides is 1. The number of anilines is 1. The molecule has 2 heterocycles. The van der Waals surface area contributed by atoms with Crippen molar-refractivity contribution in [3.8, 4) is 0 Å². The summed E-state index contributed by atoms with van der Waals surface area (Å²) >= 11 is 0. The first-order valence-electron chi connectivity index (χ1n) is 8.07. The molecule has 25 heavy (non-hydrogen) atoms. The number of carbonyl (C=O) groups excluding carboxylic acids is 2. The summed E-state index contributed by atoms with van der Waals surface area (Å²) in [5.41, 5.74) is -0.295. The highest BCUT2D eigenvalue weighted by atomic mass is 19.3. The second kappa shape index (κ2) is 5.61. The SMILES string of the molecule is CC(C)(C)OC(=O)/C=C/c1cnc2c(c1)CC1(CC(F)(F)C1)C(=O)N2. The third kappa shape index (κ3) is 3.70. The first-order valence-corrected chi connectivity index (χ1v) is 8.07. The predicted molar refractivity (Wildman–Crippen MR) is 88.1 cm³/mol. The Bertz CT molecular complexity index is 758. The zero-order valence-corrected chi connectivity index (χ0v) is 14.4. The maximum Gasteiger partial charge on any atom is 0.331 e. The number of rotatable bonds is 2. The molecule has 0 saturated heterocycles. The van der Waals surface area contributed by atoms with Crippen LogP contribution >= 0.6 is 0 Å². The zero-order chi connectivity index (χ0) is 18.5. The summed E-state index contributed by atoms with van der Waals surface area (Å²) < 4.78 is 31.7. The third-order valence-corrected chi connectivity index (χ3v) is 4.24. The van der Waals surface area contributed by atoms with Gasteiger partial charge in [0.15, 0.2) is 0 Å². The maximum absolute atomic E-state index is 13.3. The normalized spacial score (nSPS) is 20.8. The summed E-state index contributed by atoms with van der Waals surface area (Å²) in [7, 11) is 0. The molecule has 1 spiro atoms. The molecule has 0 radical (unpaired) electrons. The standard InChI is InChI=1S/C18H20F2N2O3/c1-16(2,3)25-13(23)5-4-11-6-12-7-17(9-18(19,20)10-17)15(24)22-14(12)21-8-11/h4-6,8H,7,9-10H2,1-3H3,(H,21,22,24)/b5-4+. The summed E-state index contributed by atoms with van der Waals surface area (Å²) in [5, 5.41) is 2.61. The van der Waals surface area contributed by atoms with Gasteiger partial charge in [0.25, 0.3) is 0 Å². The number of esters is 1. The minimum atomic E-state index is -2.78. The highest BCUT2D eigenvalue weighted by Gasteiger charge is 2.61. The van der Waals surface area contributed by atoms with Gasteiger partial charge in [-0.1, -0.05) is 0 Å². The minimum absolute atomic E-state index is 0.227. The first-order chi connectivity index (χ1) is 11.5. The minimum Gasteiger partial charge on any atom is -0.457 e. The van der Waals surface area contributed by atoms with Gasteiger partial charge >= 0.3 is 5.97 Å². The number of pyridine rings is 1. The fourth-order valence-corrected chi connectivity index (χ4v) is 3.28. The van der Waals surface area contributed by atoms with E-state index in [4.69, 9.17) is 4.74 Å². The van der Waals surface area contributed by atoms with Crippen LogP contribution in [0.2, 0.25) is 0 Å². The number of aromatic nitrogens is 1. The molecule has 1 aliphatic carbocycles. The van der Waals surface area contributed by atoms with E-state index in [1.165, 1.54) is 12.3 Å². The number of carbonyl (C=O) groups is 2. The van der Waals surface area contributed by atoms with E-state index in [9.17, 15) is 18.4 Å². The summed E-state index contributed by atoms with van der Waals surface area (Å²) in [5.74, 6) is -3.26. The molecular weight excluding hydrogens is 330 g/mol. The van der Waals surface area contributed by atoms with E-state index in [1.807, 2.05) is 0 Å². The van der Waals surface area contributed by atoms with Crippen molar-refractivity contribution in [1.29, 1.82) is 0 Å². The molecule has 1 aromatic rings. The van der Waals surface area contributed by atoms with Gasteiger partial charge in [0.1, 0.15) is 11.4 Å². The highest BCUT2D eigenvalue weighted by molar-refractivity contribution is 5.98. The molecule has 3 rings (SSSR count). The fourth-order valence-electron chi connectivity index (χ4n) is 3.28. The van der Waals surface area contributed by atoms with Crippen LogP contribution in [-0.2, 0) is 20.7 Å². The molecule has 0 bridgehead atoms. The lowest BCUT2D eigenvalue weighted by Gasteiger charge is -2.48. The second-order valence-corrected chi connectivity index (χ2v) is 7.76. The Morgan fingerprint density at radius 3 is 2.64 bits per heavy atom. The van der Waals surface area contributed by atoms with E-state index < -0.39 is 41.7 Å². The maximum atomic E-state index is 13.3. The van der Waals surface area contributed by atoms with Gasteiger partial charge in [-0.05, 0) is 50.5 Å².